The Morgan fingerprint density at radius 2 is 2.00 bits per heavy atom. The van der Waals surface area contributed by atoms with Crippen LogP contribution < -0.4 is 10.5 Å². The SMILES string of the molecule is COCCOc1cc(C)ccc1C(C)N.Cl. The molecule has 0 aliphatic rings. The van der Waals surface area contributed by atoms with E-state index in [9.17, 15) is 0 Å². The monoisotopic (exact) mass is 245 g/mol. The minimum atomic E-state index is -0.0110. The van der Waals surface area contributed by atoms with Crippen molar-refractivity contribution in [3.8, 4) is 5.75 Å². The van der Waals surface area contributed by atoms with Crippen molar-refractivity contribution in [2.45, 2.75) is 19.9 Å². The van der Waals surface area contributed by atoms with Crippen LogP contribution in [0.3, 0.4) is 0 Å². The van der Waals surface area contributed by atoms with Gasteiger partial charge in [-0.2, -0.15) is 0 Å². The van der Waals surface area contributed by atoms with Crippen LogP contribution >= 0.6 is 12.4 Å². The van der Waals surface area contributed by atoms with Crippen LogP contribution in [0.2, 0.25) is 0 Å². The molecule has 0 amide bonds. The molecule has 0 spiro atoms. The van der Waals surface area contributed by atoms with Crippen molar-refractivity contribution in [3.63, 3.8) is 0 Å². The first kappa shape index (κ1) is 15.2. The van der Waals surface area contributed by atoms with Gasteiger partial charge in [0.15, 0.2) is 0 Å². The molecule has 0 saturated heterocycles. The molecule has 1 aromatic rings. The van der Waals surface area contributed by atoms with Gasteiger partial charge in [0.05, 0.1) is 6.61 Å². The third-order valence-corrected chi connectivity index (χ3v) is 2.20. The fourth-order valence-electron chi connectivity index (χ4n) is 1.38. The van der Waals surface area contributed by atoms with Gasteiger partial charge in [0.2, 0.25) is 0 Å². The second-order valence-electron chi connectivity index (χ2n) is 3.67. The van der Waals surface area contributed by atoms with Crippen LogP contribution in [0.25, 0.3) is 0 Å². The highest BCUT2D eigenvalue weighted by Crippen LogP contribution is 2.24. The number of ether oxygens (including phenoxy) is 2. The van der Waals surface area contributed by atoms with Crippen LogP contribution in [-0.2, 0) is 4.74 Å². The van der Waals surface area contributed by atoms with E-state index in [0.717, 1.165) is 11.3 Å². The zero-order valence-electron chi connectivity index (χ0n) is 10.0. The molecule has 0 aromatic heterocycles. The molecule has 0 aliphatic heterocycles. The molecule has 0 bridgehead atoms. The fraction of sp³-hybridized carbons (Fsp3) is 0.500. The number of hydrogen-bond acceptors (Lipinski definition) is 3. The van der Waals surface area contributed by atoms with Crippen LogP contribution in [0.4, 0.5) is 0 Å². The molecule has 16 heavy (non-hydrogen) atoms. The Balaban J connectivity index is 0.00000225. The van der Waals surface area contributed by atoms with Crippen molar-refractivity contribution < 1.29 is 9.47 Å². The van der Waals surface area contributed by atoms with Crippen LogP contribution in [0.15, 0.2) is 18.2 Å². The maximum atomic E-state index is 5.86. The standard InChI is InChI=1S/C12H19NO2.ClH/c1-9-4-5-11(10(2)13)12(8-9)15-7-6-14-3;/h4-5,8,10H,6-7,13H2,1-3H3;1H. The number of benzene rings is 1. The van der Waals surface area contributed by atoms with Gasteiger partial charge in [-0.25, -0.2) is 0 Å². The first-order valence-electron chi connectivity index (χ1n) is 5.13. The molecular formula is C12H20ClNO2. The van der Waals surface area contributed by atoms with E-state index in [0.29, 0.717) is 13.2 Å². The quantitative estimate of drug-likeness (QED) is 0.811. The van der Waals surface area contributed by atoms with Crippen LogP contribution in [0.5, 0.6) is 5.75 Å². The van der Waals surface area contributed by atoms with E-state index in [-0.39, 0.29) is 18.4 Å². The lowest BCUT2D eigenvalue weighted by atomic mass is 10.1. The molecule has 1 aromatic carbocycles. The number of methoxy groups -OCH3 is 1. The van der Waals surface area contributed by atoms with Gasteiger partial charge < -0.3 is 15.2 Å². The highest BCUT2D eigenvalue weighted by atomic mass is 35.5. The summed E-state index contributed by atoms with van der Waals surface area (Å²) in [5.74, 6) is 0.863. The third-order valence-electron chi connectivity index (χ3n) is 2.20. The van der Waals surface area contributed by atoms with E-state index in [1.54, 1.807) is 7.11 Å². The Bertz CT molecular complexity index is 316. The smallest absolute Gasteiger partial charge is 0.124 e. The van der Waals surface area contributed by atoms with Crippen LogP contribution in [-0.4, -0.2) is 20.3 Å². The molecule has 1 rings (SSSR count). The maximum Gasteiger partial charge on any atom is 0.124 e. The minimum Gasteiger partial charge on any atom is -0.491 e. The van der Waals surface area contributed by atoms with Crippen LogP contribution in [0, 0.1) is 6.92 Å². The summed E-state index contributed by atoms with van der Waals surface area (Å²) in [6.07, 6.45) is 0. The number of nitrogens with two attached hydrogens (primary N) is 1. The molecule has 92 valence electrons. The topological polar surface area (TPSA) is 44.5 Å². The van der Waals surface area contributed by atoms with E-state index in [1.165, 1.54) is 5.56 Å². The first-order valence-corrected chi connectivity index (χ1v) is 5.13. The highest BCUT2D eigenvalue weighted by molar-refractivity contribution is 5.85. The van der Waals surface area contributed by atoms with Crippen molar-refractivity contribution in [2.75, 3.05) is 20.3 Å². The normalized spacial score (nSPS) is 11.8. The van der Waals surface area contributed by atoms with Crippen molar-refractivity contribution in [3.05, 3.63) is 29.3 Å². The number of halogens is 1. The summed E-state index contributed by atoms with van der Waals surface area (Å²) in [5.41, 5.74) is 8.07. The lowest BCUT2D eigenvalue weighted by Gasteiger charge is -2.14. The zero-order valence-corrected chi connectivity index (χ0v) is 10.8. The molecule has 1 unspecified atom stereocenters. The van der Waals surface area contributed by atoms with Gasteiger partial charge in [0.1, 0.15) is 12.4 Å². The summed E-state index contributed by atoms with van der Waals surface area (Å²) in [6.45, 7) is 5.13. The average Bonchev–Trinajstić information content (AvgIpc) is 2.18. The lowest BCUT2D eigenvalue weighted by Crippen LogP contribution is -2.10. The molecule has 1 atom stereocenters. The Morgan fingerprint density at radius 3 is 2.56 bits per heavy atom. The van der Waals surface area contributed by atoms with Gasteiger partial charge in [0.25, 0.3) is 0 Å². The van der Waals surface area contributed by atoms with Gasteiger partial charge in [-0.3, -0.25) is 0 Å². The number of hydrogen-bond donors (Lipinski definition) is 1. The lowest BCUT2D eigenvalue weighted by molar-refractivity contribution is 0.145. The minimum absolute atomic E-state index is 0. The van der Waals surface area contributed by atoms with Crippen molar-refractivity contribution >= 4 is 12.4 Å². The zero-order chi connectivity index (χ0) is 11.3. The molecule has 0 aliphatic carbocycles. The maximum absolute atomic E-state index is 5.86. The Labute approximate surface area is 103 Å². The van der Waals surface area contributed by atoms with Crippen molar-refractivity contribution in [1.82, 2.24) is 0 Å². The van der Waals surface area contributed by atoms with Gasteiger partial charge >= 0.3 is 0 Å². The molecule has 0 radical (unpaired) electrons. The Hall–Kier alpha value is -0.770. The number of rotatable bonds is 5. The summed E-state index contributed by atoms with van der Waals surface area (Å²) in [6, 6.07) is 6.06. The molecule has 3 nitrogen and oxygen atoms in total. The first-order chi connectivity index (χ1) is 7.15. The Morgan fingerprint density at radius 1 is 1.31 bits per heavy atom. The molecule has 0 fully saturated rings. The fourth-order valence-corrected chi connectivity index (χ4v) is 1.38. The largest absolute Gasteiger partial charge is 0.491 e. The average molecular weight is 246 g/mol. The summed E-state index contributed by atoms with van der Waals surface area (Å²) in [5, 5.41) is 0. The van der Waals surface area contributed by atoms with E-state index < -0.39 is 0 Å². The van der Waals surface area contributed by atoms with Crippen molar-refractivity contribution in [2.24, 2.45) is 5.73 Å². The molecule has 4 heteroatoms. The van der Waals surface area contributed by atoms with E-state index in [4.69, 9.17) is 15.2 Å². The number of aryl methyl sites for hydroxylation is 1. The molecule has 0 saturated carbocycles. The van der Waals surface area contributed by atoms with E-state index >= 15 is 0 Å². The van der Waals surface area contributed by atoms with Gasteiger partial charge in [-0.15, -0.1) is 12.4 Å². The molecule has 0 heterocycles. The van der Waals surface area contributed by atoms with Gasteiger partial charge in [-0.05, 0) is 25.5 Å². The molecule has 2 N–H and O–H groups in total. The summed E-state index contributed by atoms with van der Waals surface area (Å²) in [4.78, 5) is 0. The molecular weight excluding hydrogens is 226 g/mol. The van der Waals surface area contributed by atoms with E-state index in [1.807, 2.05) is 32.0 Å². The van der Waals surface area contributed by atoms with Gasteiger partial charge in [0, 0.05) is 18.7 Å². The second-order valence-corrected chi connectivity index (χ2v) is 3.67. The van der Waals surface area contributed by atoms with Crippen molar-refractivity contribution in [1.29, 1.82) is 0 Å². The van der Waals surface area contributed by atoms with Gasteiger partial charge in [-0.1, -0.05) is 12.1 Å². The third kappa shape index (κ3) is 4.39. The van der Waals surface area contributed by atoms with E-state index in [2.05, 4.69) is 0 Å². The summed E-state index contributed by atoms with van der Waals surface area (Å²) in [7, 11) is 1.66. The summed E-state index contributed by atoms with van der Waals surface area (Å²) < 4.78 is 10.6. The predicted molar refractivity (Wildman–Crippen MR) is 68.4 cm³/mol. The Kier molecular flexibility index (Phi) is 7.13. The predicted octanol–water partition coefficient (Wildman–Crippen LogP) is 2.46. The van der Waals surface area contributed by atoms with Crippen LogP contribution in [0.1, 0.15) is 24.1 Å². The summed E-state index contributed by atoms with van der Waals surface area (Å²) >= 11 is 0. The highest BCUT2D eigenvalue weighted by Gasteiger charge is 2.07. The second kappa shape index (κ2) is 7.49.